The number of benzene rings is 2. The second kappa shape index (κ2) is 15.2. The Morgan fingerprint density at radius 1 is 0.854 bits per heavy atom. The monoisotopic (exact) mass is 573 g/mol. The van der Waals surface area contributed by atoms with E-state index in [1.54, 1.807) is 51.1 Å². The number of carbonyl (C=O) groups is 5. The Labute approximate surface area is 236 Å². The van der Waals surface area contributed by atoms with E-state index in [1.807, 2.05) is 0 Å². The third-order valence-electron chi connectivity index (χ3n) is 5.40. The molecule has 0 aromatic heterocycles. The Kier molecular flexibility index (Phi) is 12.1. The highest BCUT2D eigenvalue weighted by molar-refractivity contribution is 5.93. The lowest BCUT2D eigenvalue weighted by Gasteiger charge is -2.25. The summed E-state index contributed by atoms with van der Waals surface area (Å²) in [5, 5.41) is 35.2. The van der Waals surface area contributed by atoms with Gasteiger partial charge < -0.3 is 40.7 Å². The molecule has 0 radical (unpaired) electrons. The van der Waals surface area contributed by atoms with Gasteiger partial charge in [-0.05, 0) is 44.0 Å². The van der Waals surface area contributed by atoms with Gasteiger partial charge in [0.05, 0.1) is 6.61 Å². The van der Waals surface area contributed by atoms with E-state index in [1.165, 1.54) is 18.2 Å². The molecule has 222 valence electrons. The summed E-state index contributed by atoms with van der Waals surface area (Å²) in [6, 6.07) is 10.4. The molecule has 0 unspecified atom stereocenters. The Bertz CT molecular complexity index is 1230. The van der Waals surface area contributed by atoms with Crippen molar-refractivity contribution in [3.05, 3.63) is 65.2 Å². The number of carboxylic acids is 2. The summed E-state index contributed by atoms with van der Waals surface area (Å²) in [6.45, 7) is 3.80. The van der Waals surface area contributed by atoms with Gasteiger partial charge in [-0.3, -0.25) is 9.59 Å². The molecule has 13 nitrogen and oxygen atoms in total. The Hall–Kier alpha value is -4.65. The maximum atomic E-state index is 13.4. The van der Waals surface area contributed by atoms with Crippen molar-refractivity contribution in [3.63, 3.8) is 0 Å². The fourth-order valence-corrected chi connectivity index (χ4v) is 3.67. The lowest BCUT2D eigenvalue weighted by atomic mass is 10.0. The number of rotatable bonds is 14. The molecule has 0 saturated carbocycles. The predicted octanol–water partition coefficient (Wildman–Crippen LogP) is 1.12. The Morgan fingerprint density at radius 2 is 1.49 bits per heavy atom. The number of carboxylic acid groups (broad SMARTS) is 2. The number of aliphatic carboxylic acids is 1. The molecule has 0 aliphatic heterocycles. The molecule has 6 N–H and O–H groups in total. The van der Waals surface area contributed by atoms with Gasteiger partial charge in [0.2, 0.25) is 11.8 Å². The molecule has 2 atom stereocenters. The van der Waals surface area contributed by atoms with Crippen molar-refractivity contribution in [2.75, 3.05) is 19.8 Å². The van der Waals surface area contributed by atoms with Gasteiger partial charge in [0.1, 0.15) is 29.0 Å². The van der Waals surface area contributed by atoms with Crippen LogP contribution in [0.5, 0.6) is 5.75 Å². The third kappa shape index (κ3) is 11.5. The summed E-state index contributed by atoms with van der Waals surface area (Å²) >= 11 is 0. The zero-order chi connectivity index (χ0) is 30.6. The molecule has 0 bridgehead atoms. The smallest absolute Gasteiger partial charge is 0.408 e. The number of amides is 3. The number of aliphatic hydroxyl groups is 1. The average molecular weight is 574 g/mol. The molecular weight excluding hydrogens is 538 g/mol. The van der Waals surface area contributed by atoms with Crippen LogP contribution >= 0.6 is 0 Å². The number of aliphatic hydroxyl groups excluding tert-OH is 1. The van der Waals surface area contributed by atoms with E-state index in [9.17, 15) is 29.1 Å². The maximum Gasteiger partial charge on any atom is 0.408 e. The summed E-state index contributed by atoms with van der Waals surface area (Å²) in [6.07, 6.45) is -0.930. The zero-order valence-electron chi connectivity index (χ0n) is 23.0. The van der Waals surface area contributed by atoms with Crippen LogP contribution < -0.4 is 20.7 Å². The highest BCUT2D eigenvalue weighted by atomic mass is 16.6. The Morgan fingerprint density at radius 3 is 2.07 bits per heavy atom. The van der Waals surface area contributed by atoms with E-state index in [0.717, 1.165) is 5.56 Å². The molecule has 0 heterocycles. The van der Waals surface area contributed by atoms with Crippen molar-refractivity contribution in [2.24, 2.45) is 0 Å². The fraction of sp³-hybridized carbons (Fsp3) is 0.393. The summed E-state index contributed by atoms with van der Waals surface area (Å²) in [5.41, 5.74) is -0.118. The molecule has 0 saturated heterocycles. The van der Waals surface area contributed by atoms with Gasteiger partial charge in [-0.1, -0.05) is 36.4 Å². The standard InChI is InChI=1S/C28H35N3O10/c1-28(2,3)41-27(39)31-21(14-17-7-5-4-6-8-17)25(36)30-20(24(35)29-11-12-32)15-18-9-10-22(40-16-23(33)34)19(13-18)26(37)38/h4-10,13,20-21,32H,11-12,14-16H2,1-3H3,(H,29,35)(H,30,36)(H,31,39)(H,33,34)(H,37,38)/t20-,21-/m0/s1. The average Bonchev–Trinajstić information content (AvgIpc) is 2.89. The first-order chi connectivity index (χ1) is 19.3. The lowest BCUT2D eigenvalue weighted by Crippen LogP contribution is -2.55. The van der Waals surface area contributed by atoms with Crippen LogP contribution in [-0.2, 0) is 32.0 Å². The minimum absolute atomic E-state index is 0.0790. The molecule has 0 fully saturated rings. The molecule has 2 aromatic carbocycles. The molecule has 3 amide bonds. The van der Waals surface area contributed by atoms with Crippen LogP contribution in [0.3, 0.4) is 0 Å². The number of ether oxygens (including phenoxy) is 2. The quantitative estimate of drug-likeness (QED) is 0.190. The van der Waals surface area contributed by atoms with E-state index in [0.29, 0.717) is 5.56 Å². The van der Waals surface area contributed by atoms with Gasteiger partial charge in [0.25, 0.3) is 0 Å². The summed E-state index contributed by atoms with van der Waals surface area (Å²) in [7, 11) is 0. The van der Waals surface area contributed by atoms with Crippen LogP contribution in [0.2, 0.25) is 0 Å². The lowest BCUT2D eigenvalue weighted by molar-refractivity contribution is -0.139. The van der Waals surface area contributed by atoms with Gasteiger partial charge in [0, 0.05) is 19.4 Å². The van der Waals surface area contributed by atoms with Gasteiger partial charge >= 0.3 is 18.0 Å². The summed E-state index contributed by atoms with van der Waals surface area (Å²) in [4.78, 5) is 61.5. The molecular formula is C28H35N3O10. The maximum absolute atomic E-state index is 13.4. The van der Waals surface area contributed by atoms with Crippen molar-refractivity contribution in [1.29, 1.82) is 0 Å². The minimum Gasteiger partial charge on any atom is -0.481 e. The first kappa shape index (κ1) is 32.6. The number of hydrogen-bond donors (Lipinski definition) is 6. The highest BCUT2D eigenvalue weighted by Gasteiger charge is 2.29. The van der Waals surface area contributed by atoms with E-state index in [-0.39, 0.29) is 37.3 Å². The van der Waals surface area contributed by atoms with Crippen molar-refractivity contribution in [2.45, 2.75) is 51.3 Å². The van der Waals surface area contributed by atoms with Crippen LogP contribution in [0.15, 0.2) is 48.5 Å². The van der Waals surface area contributed by atoms with Gasteiger partial charge in [-0.15, -0.1) is 0 Å². The molecule has 0 spiro atoms. The largest absolute Gasteiger partial charge is 0.481 e. The highest BCUT2D eigenvalue weighted by Crippen LogP contribution is 2.21. The number of nitrogens with one attached hydrogen (secondary N) is 3. The van der Waals surface area contributed by atoms with Gasteiger partial charge in [-0.25, -0.2) is 14.4 Å². The summed E-state index contributed by atoms with van der Waals surface area (Å²) in [5.74, 6) is -4.23. The van der Waals surface area contributed by atoms with Gasteiger partial charge in [-0.2, -0.15) is 0 Å². The Balaban J connectivity index is 2.33. The fourth-order valence-electron chi connectivity index (χ4n) is 3.67. The number of alkyl carbamates (subject to hydrolysis) is 1. The number of hydrogen-bond acceptors (Lipinski definition) is 8. The molecule has 0 aliphatic rings. The van der Waals surface area contributed by atoms with Crippen molar-refractivity contribution >= 4 is 29.8 Å². The molecule has 41 heavy (non-hydrogen) atoms. The summed E-state index contributed by atoms with van der Waals surface area (Å²) < 4.78 is 10.3. The van der Waals surface area contributed by atoms with Crippen LogP contribution in [0, 0.1) is 0 Å². The van der Waals surface area contributed by atoms with Crippen molar-refractivity contribution in [3.8, 4) is 5.75 Å². The van der Waals surface area contributed by atoms with Crippen molar-refractivity contribution < 1.29 is 48.8 Å². The van der Waals surface area contributed by atoms with E-state index < -0.39 is 54.1 Å². The van der Waals surface area contributed by atoms with Crippen LogP contribution in [-0.4, -0.2) is 82.6 Å². The first-order valence-electron chi connectivity index (χ1n) is 12.7. The SMILES string of the molecule is CC(C)(C)OC(=O)N[C@@H](Cc1ccccc1)C(=O)N[C@@H](Cc1ccc(OCC(=O)O)c(C(=O)O)c1)C(=O)NCCO. The van der Waals surface area contributed by atoms with Crippen LogP contribution in [0.25, 0.3) is 0 Å². The molecule has 0 aliphatic carbocycles. The van der Waals surface area contributed by atoms with E-state index in [4.69, 9.17) is 19.7 Å². The minimum atomic E-state index is -1.39. The normalized spacial score (nSPS) is 12.4. The predicted molar refractivity (Wildman–Crippen MR) is 146 cm³/mol. The molecule has 13 heteroatoms. The zero-order valence-corrected chi connectivity index (χ0v) is 23.0. The van der Waals surface area contributed by atoms with Gasteiger partial charge in [0.15, 0.2) is 6.61 Å². The third-order valence-corrected chi connectivity index (χ3v) is 5.40. The second-order valence-corrected chi connectivity index (χ2v) is 9.99. The topological polar surface area (TPSA) is 201 Å². The van der Waals surface area contributed by atoms with Crippen LogP contribution in [0.4, 0.5) is 4.79 Å². The first-order valence-corrected chi connectivity index (χ1v) is 12.7. The van der Waals surface area contributed by atoms with Crippen LogP contribution in [0.1, 0.15) is 42.3 Å². The molecule has 2 aromatic rings. The number of aromatic carboxylic acids is 1. The second-order valence-electron chi connectivity index (χ2n) is 9.99. The molecule has 2 rings (SSSR count). The van der Waals surface area contributed by atoms with E-state index >= 15 is 0 Å². The van der Waals surface area contributed by atoms with Crippen molar-refractivity contribution in [1.82, 2.24) is 16.0 Å². The number of carbonyl (C=O) groups excluding carboxylic acids is 3. The van der Waals surface area contributed by atoms with E-state index in [2.05, 4.69) is 16.0 Å².